The van der Waals surface area contributed by atoms with Gasteiger partial charge in [0.2, 0.25) is 5.91 Å². The maximum absolute atomic E-state index is 12.6. The Morgan fingerprint density at radius 3 is 2.53 bits per heavy atom. The summed E-state index contributed by atoms with van der Waals surface area (Å²) >= 11 is 0. The van der Waals surface area contributed by atoms with Crippen LogP contribution < -0.4 is 21.7 Å². The molecule has 0 aliphatic carbocycles. The Morgan fingerprint density at radius 2 is 1.83 bits per heavy atom. The van der Waals surface area contributed by atoms with Crippen LogP contribution >= 0.6 is 0 Å². The predicted octanol–water partition coefficient (Wildman–Crippen LogP) is 0.981. The maximum atomic E-state index is 12.6. The van der Waals surface area contributed by atoms with Crippen molar-refractivity contribution in [2.24, 2.45) is 0 Å². The molecule has 0 radical (unpaired) electrons. The highest BCUT2D eigenvalue weighted by Crippen LogP contribution is 2.13. The molecular weight excluding hydrogens is 390 g/mol. The third-order valence-corrected chi connectivity index (χ3v) is 4.25. The number of fused-ring (bicyclic) bond motifs is 1. The van der Waals surface area contributed by atoms with E-state index in [0.29, 0.717) is 29.3 Å². The predicted molar refractivity (Wildman–Crippen MR) is 108 cm³/mol. The monoisotopic (exact) mass is 411 g/mol. The molecule has 2 aromatic heterocycles. The smallest absolute Gasteiger partial charge is 0.290 e. The van der Waals surface area contributed by atoms with Crippen molar-refractivity contribution in [3.8, 4) is 0 Å². The minimum atomic E-state index is -0.646. The van der Waals surface area contributed by atoms with Gasteiger partial charge in [-0.3, -0.25) is 30.0 Å². The number of hydrogen-bond acceptors (Lipinski definition) is 6. The number of aromatic nitrogens is 2. The average Bonchev–Trinajstić information content (AvgIpc) is 3.29. The van der Waals surface area contributed by atoms with E-state index in [4.69, 9.17) is 4.42 Å². The normalized spacial score (nSPS) is 10.6. The molecule has 0 saturated heterocycles. The highest BCUT2D eigenvalue weighted by atomic mass is 16.3. The van der Waals surface area contributed by atoms with E-state index in [9.17, 15) is 19.2 Å². The van der Waals surface area contributed by atoms with Gasteiger partial charge in [0.15, 0.2) is 5.69 Å². The Hall–Kier alpha value is -3.95. The third kappa shape index (κ3) is 4.72. The summed E-state index contributed by atoms with van der Waals surface area (Å²) < 4.78 is 6.06. The molecular formula is C20H21N5O5. The topological polar surface area (TPSA) is 135 Å². The van der Waals surface area contributed by atoms with Crippen LogP contribution in [0.3, 0.4) is 0 Å². The number of aryl methyl sites for hydroxylation is 1. The molecule has 3 rings (SSSR count). The fourth-order valence-corrected chi connectivity index (χ4v) is 2.80. The summed E-state index contributed by atoms with van der Waals surface area (Å²) in [5.41, 5.74) is 4.69. The summed E-state index contributed by atoms with van der Waals surface area (Å²) in [6.07, 6.45) is 3.30. The quantitative estimate of drug-likeness (QED) is 0.496. The van der Waals surface area contributed by atoms with E-state index in [2.05, 4.69) is 21.3 Å². The number of hydrazine groups is 1. The maximum Gasteiger partial charge on any atom is 0.290 e. The summed E-state index contributed by atoms with van der Waals surface area (Å²) in [4.78, 5) is 48.8. The Labute approximate surface area is 171 Å². The summed E-state index contributed by atoms with van der Waals surface area (Å²) in [7, 11) is 0. The van der Waals surface area contributed by atoms with E-state index in [1.54, 1.807) is 24.3 Å². The zero-order valence-corrected chi connectivity index (χ0v) is 16.3. The molecule has 0 bridgehead atoms. The van der Waals surface area contributed by atoms with Gasteiger partial charge in [0.25, 0.3) is 17.4 Å². The molecule has 156 valence electrons. The van der Waals surface area contributed by atoms with E-state index >= 15 is 0 Å². The highest BCUT2D eigenvalue weighted by Gasteiger charge is 2.17. The molecule has 0 saturated carbocycles. The van der Waals surface area contributed by atoms with Crippen molar-refractivity contribution in [3.05, 3.63) is 64.5 Å². The number of carbonyl (C=O) groups is 3. The zero-order valence-electron chi connectivity index (χ0n) is 16.3. The van der Waals surface area contributed by atoms with Gasteiger partial charge < -0.3 is 9.73 Å². The van der Waals surface area contributed by atoms with Crippen LogP contribution in [0.2, 0.25) is 0 Å². The first-order valence-electron chi connectivity index (χ1n) is 9.40. The van der Waals surface area contributed by atoms with Crippen molar-refractivity contribution in [2.75, 3.05) is 6.54 Å². The van der Waals surface area contributed by atoms with Gasteiger partial charge >= 0.3 is 0 Å². The molecule has 3 N–H and O–H groups in total. The Morgan fingerprint density at radius 1 is 1.07 bits per heavy atom. The molecule has 10 heteroatoms. The number of benzene rings is 1. The van der Waals surface area contributed by atoms with Crippen LogP contribution in [0, 0.1) is 0 Å². The molecule has 0 atom stereocenters. The highest BCUT2D eigenvalue weighted by molar-refractivity contribution is 6.05. The molecule has 0 fully saturated rings. The fraction of sp³-hybridized carbons (Fsp3) is 0.250. The lowest BCUT2D eigenvalue weighted by molar-refractivity contribution is -0.121. The lowest BCUT2D eigenvalue weighted by Crippen LogP contribution is -2.43. The first kappa shape index (κ1) is 20.8. The molecule has 0 aliphatic heterocycles. The standard InChI is InChI=1S/C20H21N5O5/c1-2-10-25-20(29)15-6-4-3-5-14(15)17(24-25)19(28)23-22-16(26)7-9-21-18(27)13-8-11-30-12-13/h3-6,8,11-12H,2,7,9-10H2,1H3,(H,21,27)(H,22,26)(H,23,28). The van der Waals surface area contributed by atoms with Crippen LogP contribution in [-0.2, 0) is 11.3 Å². The molecule has 0 spiro atoms. The van der Waals surface area contributed by atoms with Crippen LogP contribution in [0.4, 0.5) is 0 Å². The minimum Gasteiger partial charge on any atom is -0.472 e. The molecule has 30 heavy (non-hydrogen) atoms. The second kappa shape index (κ2) is 9.50. The Bertz CT molecular complexity index is 1120. The van der Waals surface area contributed by atoms with Gasteiger partial charge in [-0.2, -0.15) is 5.10 Å². The van der Waals surface area contributed by atoms with Crippen LogP contribution in [0.1, 0.15) is 40.6 Å². The van der Waals surface area contributed by atoms with Gasteiger partial charge in [0, 0.05) is 24.9 Å². The van der Waals surface area contributed by atoms with E-state index in [1.807, 2.05) is 6.92 Å². The van der Waals surface area contributed by atoms with Crippen molar-refractivity contribution in [3.63, 3.8) is 0 Å². The van der Waals surface area contributed by atoms with Gasteiger partial charge in [0.05, 0.1) is 17.2 Å². The summed E-state index contributed by atoms with van der Waals surface area (Å²) in [6.45, 7) is 2.34. The zero-order chi connectivity index (χ0) is 21.5. The van der Waals surface area contributed by atoms with Crippen molar-refractivity contribution in [1.29, 1.82) is 0 Å². The largest absolute Gasteiger partial charge is 0.472 e. The van der Waals surface area contributed by atoms with E-state index in [1.165, 1.54) is 23.3 Å². The molecule has 0 unspecified atom stereocenters. The Balaban J connectivity index is 1.61. The van der Waals surface area contributed by atoms with Crippen LogP contribution in [0.5, 0.6) is 0 Å². The number of rotatable bonds is 7. The van der Waals surface area contributed by atoms with Crippen molar-refractivity contribution in [2.45, 2.75) is 26.3 Å². The van der Waals surface area contributed by atoms with E-state index in [-0.39, 0.29) is 30.1 Å². The van der Waals surface area contributed by atoms with Gasteiger partial charge in [-0.1, -0.05) is 25.1 Å². The summed E-state index contributed by atoms with van der Waals surface area (Å²) in [5.74, 6) is -1.51. The number of nitrogens with zero attached hydrogens (tertiary/aromatic N) is 2. The van der Waals surface area contributed by atoms with Gasteiger partial charge in [-0.05, 0) is 18.6 Å². The molecule has 0 aliphatic rings. The number of hydrogen-bond donors (Lipinski definition) is 3. The van der Waals surface area contributed by atoms with Crippen LogP contribution in [-0.4, -0.2) is 34.0 Å². The molecule has 3 aromatic rings. The molecule has 10 nitrogen and oxygen atoms in total. The van der Waals surface area contributed by atoms with Crippen molar-refractivity contribution >= 4 is 28.5 Å². The summed E-state index contributed by atoms with van der Waals surface area (Å²) in [5, 5.41) is 7.49. The van der Waals surface area contributed by atoms with E-state index in [0.717, 1.165) is 0 Å². The second-order valence-corrected chi connectivity index (χ2v) is 6.44. The van der Waals surface area contributed by atoms with Gasteiger partial charge in [-0.15, -0.1) is 0 Å². The lowest BCUT2D eigenvalue weighted by Gasteiger charge is -2.11. The Kier molecular flexibility index (Phi) is 6.58. The third-order valence-electron chi connectivity index (χ3n) is 4.25. The summed E-state index contributed by atoms with van der Waals surface area (Å²) in [6, 6.07) is 8.17. The lowest BCUT2D eigenvalue weighted by atomic mass is 10.1. The molecule has 1 aromatic carbocycles. The average molecular weight is 411 g/mol. The van der Waals surface area contributed by atoms with Gasteiger partial charge in [-0.25, -0.2) is 4.68 Å². The number of carbonyl (C=O) groups excluding carboxylic acids is 3. The first-order chi connectivity index (χ1) is 14.5. The minimum absolute atomic E-state index is 0.0345. The van der Waals surface area contributed by atoms with Gasteiger partial charge in [0.1, 0.15) is 6.26 Å². The van der Waals surface area contributed by atoms with Crippen LogP contribution in [0.15, 0.2) is 52.1 Å². The number of furan rings is 1. The fourth-order valence-electron chi connectivity index (χ4n) is 2.80. The van der Waals surface area contributed by atoms with Crippen molar-refractivity contribution in [1.82, 2.24) is 25.9 Å². The molecule has 3 amide bonds. The number of nitrogens with one attached hydrogen (secondary N) is 3. The van der Waals surface area contributed by atoms with E-state index < -0.39 is 11.8 Å². The first-order valence-corrected chi connectivity index (χ1v) is 9.40. The number of amides is 3. The second-order valence-electron chi connectivity index (χ2n) is 6.44. The SMILES string of the molecule is CCCn1nc(C(=O)NNC(=O)CCNC(=O)c2ccoc2)c2ccccc2c1=O. The van der Waals surface area contributed by atoms with Crippen LogP contribution in [0.25, 0.3) is 10.8 Å². The van der Waals surface area contributed by atoms with Crippen molar-refractivity contribution < 1.29 is 18.8 Å². The molecule has 2 heterocycles.